The maximum Gasteiger partial charge on any atom is 0.253 e. The maximum absolute atomic E-state index is 11.6. The Hall–Kier alpha value is -0.680. The van der Waals surface area contributed by atoms with Crippen LogP contribution >= 0.6 is 27.3 Å². The number of rotatable bonds is 1. The zero-order valence-corrected chi connectivity index (χ0v) is 9.70. The second-order valence-electron chi connectivity index (χ2n) is 3.07. The average Bonchev–Trinajstić information content (AvgIpc) is 2.36. The van der Waals surface area contributed by atoms with Crippen LogP contribution in [0.15, 0.2) is 3.79 Å². The quantitative estimate of drug-likeness (QED) is 0.796. The van der Waals surface area contributed by atoms with Gasteiger partial charge in [-0.3, -0.25) is 9.59 Å². The van der Waals surface area contributed by atoms with Gasteiger partial charge in [-0.15, -0.1) is 11.3 Å². The molecule has 0 fully saturated rings. The lowest BCUT2D eigenvalue weighted by Crippen LogP contribution is -2.23. The number of nitrogens with one attached hydrogen (secondary N) is 1. The third-order valence-corrected chi connectivity index (χ3v) is 4.12. The SMILES string of the molecule is O=Cc1sc(Br)c2c1C(=O)NCCC2. The average molecular weight is 274 g/mol. The number of carbonyl (C=O) groups excluding carboxylic acids is 2. The molecule has 1 aliphatic heterocycles. The number of fused-ring (bicyclic) bond motifs is 1. The standard InChI is InChI=1S/C9H8BrNO2S/c10-8-5-2-1-3-11-9(13)7(5)6(4-12)14-8/h4H,1-3H2,(H,11,13). The van der Waals surface area contributed by atoms with E-state index in [0.29, 0.717) is 17.0 Å². The molecule has 0 bridgehead atoms. The van der Waals surface area contributed by atoms with Gasteiger partial charge in [0, 0.05) is 6.54 Å². The third-order valence-electron chi connectivity index (χ3n) is 2.21. The van der Waals surface area contributed by atoms with E-state index in [1.807, 2.05) is 0 Å². The molecule has 14 heavy (non-hydrogen) atoms. The molecule has 3 nitrogen and oxygen atoms in total. The Bertz CT molecular complexity index is 400. The monoisotopic (exact) mass is 273 g/mol. The molecule has 74 valence electrons. The summed E-state index contributed by atoms with van der Waals surface area (Å²) < 4.78 is 0.909. The molecule has 0 aliphatic carbocycles. The molecule has 2 rings (SSSR count). The molecule has 1 N–H and O–H groups in total. The summed E-state index contributed by atoms with van der Waals surface area (Å²) in [5, 5.41) is 2.78. The van der Waals surface area contributed by atoms with Crippen molar-refractivity contribution in [3.8, 4) is 0 Å². The summed E-state index contributed by atoms with van der Waals surface area (Å²) in [5.74, 6) is -0.124. The summed E-state index contributed by atoms with van der Waals surface area (Å²) in [6.45, 7) is 0.683. The van der Waals surface area contributed by atoms with Crippen LogP contribution in [-0.4, -0.2) is 18.7 Å². The van der Waals surface area contributed by atoms with E-state index in [4.69, 9.17) is 0 Å². The molecule has 1 aromatic rings. The van der Waals surface area contributed by atoms with Gasteiger partial charge in [-0.25, -0.2) is 0 Å². The second kappa shape index (κ2) is 3.82. The molecule has 0 unspecified atom stereocenters. The van der Waals surface area contributed by atoms with Crippen LogP contribution in [0.2, 0.25) is 0 Å². The molecule has 0 spiro atoms. The first-order valence-corrected chi connectivity index (χ1v) is 5.89. The highest BCUT2D eigenvalue weighted by atomic mass is 79.9. The number of thiophene rings is 1. The Morgan fingerprint density at radius 2 is 2.29 bits per heavy atom. The molecule has 2 heterocycles. The molecule has 1 aromatic heterocycles. The van der Waals surface area contributed by atoms with Crippen molar-refractivity contribution in [2.24, 2.45) is 0 Å². The van der Waals surface area contributed by atoms with E-state index in [9.17, 15) is 9.59 Å². The fourth-order valence-corrected chi connectivity index (χ4v) is 3.37. The smallest absolute Gasteiger partial charge is 0.253 e. The van der Waals surface area contributed by atoms with E-state index in [1.54, 1.807) is 0 Å². The topological polar surface area (TPSA) is 46.2 Å². The van der Waals surface area contributed by atoms with Crippen molar-refractivity contribution in [2.45, 2.75) is 12.8 Å². The molecule has 1 amide bonds. The number of halogens is 1. The third kappa shape index (κ3) is 1.50. The molecular formula is C9H8BrNO2S. The Kier molecular flexibility index (Phi) is 2.69. The lowest BCUT2D eigenvalue weighted by atomic mass is 10.1. The molecule has 0 radical (unpaired) electrons. The summed E-state index contributed by atoms with van der Waals surface area (Å²) in [7, 11) is 0. The fourth-order valence-electron chi connectivity index (χ4n) is 1.57. The molecule has 0 atom stereocenters. The van der Waals surface area contributed by atoms with E-state index >= 15 is 0 Å². The van der Waals surface area contributed by atoms with Gasteiger partial charge >= 0.3 is 0 Å². The fraction of sp³-hybridized carbons (Fsp3) is 0.333. The summed E-state index contributed by atoms with van der Waals surface area (Å²) in [6, 6.07) is 0. The first kappa shape index (κ1) is 9.86. The normalized spacial score (nSPS) is 15.6. The van der Waals surface area contributed by atoms with Gasteiger partial charge in [-0.1, -0.05) is 0 Å². The van der Waals surface area contributed by atoms with Crippen LogP contribution in [0.1, 0.15) is 32.0 Å². The van der Waals surface area contributed by atoms with Gasteiger partial charge in [0.15, 0.2) is 6.29 Å². The highest BCUT2D eigenvalue weighted by Gasteiger charge is 2.23. The van der Waals surface area contributed by atoms with Gasteiger partial charge in [0.1, 0.15) is 0 Å². The Balaban J connectivity index is 2.60. The van der Waals surface area contributed by atoms with E-state index in [1.165, 1.54) is 11.3 Å². The highest BCUT2D eigenvalue weighted by molar-refractivity contribution is 9.11. The lowest BCUT2D eigenvalue weighted by Gasteiger charge is -1.98. The van der Waals surface area contributed by atoms with Crippen LogP contribution in [0, 0.1) is 0 Å². The van der Waals surface area contributed by atoms with Crippen LogP contribution < -0.4 is 5.32 Å². The van der Waals surface area contributed by atoms with Crippen molar-refractivity contribution in [3.63, 3.8) is 0 Å². The van der Waals surface area contributed by atoms with Crippen molar-refractivity contribution in [1.29, 1.82) is 0 Å². The molecule has 0 saturated carbocycles. The molecule has 1 aliphatic rings. The number of carbonyl (C=O) groups is 2. The minimum absolute atomic E-state index is 0.124. The van der Waals surface area contributed by atoms with Crippen LogP contribution in [0.4, 0.5) is 0 Å². The van der Waals surface area contributed by atoms with Crippen molar-refractivity contribution >= 4 is 39.5 Å². The van der Waals surface area contributed by atoms with E-state index < -0.39 is 0 Å². The first-order valence-electron chi connectivity index (χ1n) is 4.28. The Morgan fingerprint density at radius 1 is 1.50 bits per heavy atom. The van der Waals surface area contributed by atoms with Crippen molar-refractivity contribution < 1.29 is 9.59 Å². The molecular weight excluding hydrogens is 266 g/mol. The van der Waals surface area contributed by atoms with Gasteiger partial charge in [-0.05, 0) is 34.3 Å². The van der Waals surface area contributed by atoms with E-state index in [-0.39, 0.29) is 5.91 Å². The largest absolute Gasteiger partial charge is 0.352 e. The van der Waals surface area contributed by atoms with Gasteiger partial charge in [0.2, 0.25) is 0 Å². The van der Waals surface area contributed by atoms with Crippen molar-refractivity contribution in [2.75, 3.05) is 6.54 Å². The number of hydrogen-bond donors (Lipinski definition) is 1. The summed E-state index contributed by atoms with van der Waals surface area (Å²) in [4.78, 5) is 22.9. The van der Waals surface area contributed by atoms with E-state index in [2.05, 4.69) is 21.2 Å². The molecule has 5 heteroatoms. The predicted molar refractivity (Wildman–Crippen MR) is 58.1 cm³/mol. The van der Waals surface area contributed by atoms with Crippen LogP contribution in [0.5, 0.6) is 0 Å². The van der Waals surface area contributed by atoms with Crippen molar-refractivity contribution in [1.82, 2.24) is 5.32 Å². The number of aldehydes is 1. The summed E-state index contributed by atoms with van der Waals surface area (Å²) in [5.41, 5.74) is 1.54. The Labute approximate surface area is 93.6 Å². The maximum atomic E-state index is 11.6. The minimum atomic E-state index is -0.124. The van der Waals surface area contributed by atoms with Gasteiger partial charge < -0.3 is 5.32 Å². The van der Waals surface area contributed by atoms with Crippen molar-refractivity contribution in [3.05, 3.63) is 19.8 Å². The first-order chi connectivity index (χ1) is 6.74. The van der Waals surface area contributed by atoms with Crippen LogP contribution in [0.25, 0.3) is 0 Å². The Morgan fingerprint density at radius 3 is 3.00 bits per heavy atom. The lowest BCUT2D eigenvalue weighted by molar-refractivity contribution is 0.0951. The van der Waals surface area contributed by atoms with Crippen LogP contribution in [0.3, 0.4) is 0 Å². The summed E-state index contributed by atoms with van der Waals surface area (Å²) >= 11 is 4.72. The van der Waals surface area contributed by atoms with E-state index in [0.717, 1.165) is 28.5 Å². The predicted octanol–water partition coefficient (Wildman–Crippen LogP) is 2.00. The highest BCUT2D eigenvalue weighted by Crippen LogP contribution is 2.34. The van der Waals surface area contributed by atoms with Gasteiger partial charge in [-0.2, -0.15) is 0 Å². The zero-order valence-electron chi connectivity index (χ0n) is 7.30. The zero-order chi connectivity index (χ0) is 10.1. The van der Waals surface area contributed by atoms with Gasteiger partial charge in [0.25, 0.3) is 5.91 Å². The van der Waals surface area contributed by atoms with Gasteiger partial charge in [0.05, 0.1) is 14.2 Å². The van der Waals surface area contributed by atoms with Crippen LogP contribution in [-0.2, 0) is 6.42 Å². The molecule has 0 saturated heterocycles. The minimum Gasteiger partial charge on any atom is -0.352 e. The number of amides is 1. The molecule has 0 aromatic carbocycles. The summed E-state index contributed by atoms with van der Waals surface area (Å²) in [6.07, 6.45) is 2.52. The second-order valence-corrected chi connectivity index (χ2v) is 5.44. The number of hydrogen-bond acceptors (Lipinski definition) is 3.